The third-order valence-corrected chi connectivity index (χ3v) is 4.46. The fourth-order valence-electron chi connectivity index (χ4n) is 2.63. The Labute approximate surface area is 127 Å². The van der Waals surface area contributed by atoms with Crippen molar-refractivity contribution in [1.82, 2.24) is 9.88 Å². The van der Waals surface area contributed by atoms with Gasteiger partial charge in [-0.25, -0.2) is 4.98 Å². The van der Waals surface area contributed by atoms with Gasteiger partial charge in [0.2, 0.25) is 0 Å². The van der Waals surface area contributed by atoms with Gasteiger partial charge in [-0.3, -0.25) is 4.90 Å². The number of benzene rings is 1. The molecule has 0 saturated carbocycles. The predicted molar refractivity (Wildman–Crippen MR) is 83.7 cm³/mol. The zero-order valence-corrected chi connectivity index (χ0v) is 12.5. The van der Waals surface area contributed by atoms with Gasteiger partial charge in [0.15, 0.2) is 5.13 Å². The monoisotopic (exact) mass is 305 g/mol. The van der Waals surface area contributed by atoms with Gasteiger partial charge in [0, 0.05) is 30.2 Å². The molecule has 2 atom stereocenters. The summed E-state index contributed by atoms with van der Waals surface area (Å²) in [6.07, 6.45) is 0.290. The molecular weight excluding hydrogens is 286 g/mol. The number of rotatable bonds is 5. The first kappa shape index (κ1) is 14.5. The van der Waals surface area contributed by atoms with E-state index in [1.807, 2.05) is 35.7 Å². The first-order valence-corrected chi connectivity index (χ1v) is 7.92. The van der Waals surface area contributed by atoms with Crippen molar-refractivity contribution in [3.05, 3.63) is 41.4 Å². The van der Waals surface area contributed by atoms with Crippen molar-refractivity contribution in [3.63, 3.8) is 0 Å². The van der Waals surface area contributed by atoms with E-state index in [9.17, 15) is 10.2 Å². The molecule has 3 N–H and O–H groups in total. The molecule has 1 fully saturated rings. The van der Waals surface area contributed by atoms with Crippen molar-refractivity contribution in [3.8, 4) is 0 Å². The van der Waals surface area contributed by atoms with Crippen LogP contribution in [0.4, 0.5) is 10.8 Å². The first-order valence-electron chi connectivity index (χ1n) is 7.04. The molecule has 6 heteroatoms. The lowest BCUT2D eigenvalue weighted by Gasteiger charge is -2.20. The van der Waals surface area contributed by atoms with Gasteiger partial charge in [0.1, 0.15) is 0 Å². The Bertz CT molecular complexity index is 575. The van der Waals surface area contributed by atoms with Gasteiger partial charge in [-0.05, 0) is 18.6 Å². The van der Waals surface area contributed by atoms with Crippen LogP contribution < -0.4 is 5.32 Å². The molecule has 0 bridgehead atoms. The number of para-hydroxylation sites is 1. The van der Waals surface area contributed by atoms with Crippen LogP contribution in [0.15, 0.2) is 35.7 Å². The quantitative estimate of drug-likeness (QED) is 0.786. The number of β-amino-alcohol motifs (C(OH)–C–C–N with tert-alkyl or cyclic N) is 1. The van der Waals surface area contributed by atoms with Crippen LogP contribution >= 0.6 is 11.3 Å². The Morgan fingerprint density at radius 3 is 2.90 bits per heavy atom. The number of hydrogen-bond donors (Lipinski definition) is 3. The van der Waals surface area contributed by atoms with E-state index < -0.39 is 0 Å². The molecule has 5 nitrogen and oxygen atoms in total. The lowest BCUT2D eigenvalue weighted by molar-refractivity contribution is 0.149. The summed E-state index contributed by atoms with van der Waals surface area (Å²) in [7, 11) is 0. The Morgan fingerprint density at radius 2 is 2.14 bits per heavy atom. The van der Waals surface area contributed by atoms with Gasteiger partial charge >= 0.3 is 0 Å². The maximum absolute atomic E-state index is 9.70. The predicted octanol–water partition coefficient (Wildman–Crippen LogP) is 1.81. The molecule has 2 heterocycles. The van der Waals surface area contributed by atoms with Crippen molar-refractivity contribution in [2.24, 2.45) is 0 Å². The third-order valence-electron chi connectivity index (χ3n) is 3.66. The van der Waals surface area contributed by atoms with E-state index in [2.05, 4.69) is 15.2 Å². The summed E-state index contributed by atoms with van der Waals surface area (Å²) >= 11 is 1.56. The number of aliphatic hydroxyl groups excluding tert-OH is 2. The van der Waals surface area contributed by atoms with Gasteiger partial charge in [0.05, 0.1) is 18.4 Å². The van der Waals surface area contributed by atoms with E-state index in [0.29, 0.717) is 19.5 Å². The molecule has 0 aliphatic carbocycles. The zero-order chi connectivity index (χ0) is 14.7. The molecule has 1 aliphatic heterocycles. The summed E-state index contributed by atoms with van der Waals surface area (Å²) in [5.74, 6) is 0. The highest BCUT2D eigenvalue weighted by Gasteiger charge is 2.30. The van der Waals surface area contributed by atoms with Crippen LogP contribution in [0, 0.1) is 0 Å². The average Bonchev–Trinajstić information content (AvgIpc) is 3.07. The number of thiazole rings is 1. The standard InChI is InChI=1S/C15H19N3O2S/c19-9-13-6-14(20)8-18(13)7-12-10-21-15(17-12)16-11-4-2-1-3-5-11/h1-5,10,13-14,19-20H,6-9H2,(H,16,17)/t13-,14-/m0/s1. The van der Waals surface area contributed by atoms with Crippen LogP contribution in [-0.2, 0) is 6.54 Å². The highest BCUT2D eigenvalue weighted by molar-refractivity contribution is 7.13. The SMILES string of the molecule is OC[C@@H]1C[C@H](O)CN1Cc1csc(Nc2ccccc2)n1. The molecule has 2 aromatic rings. The first-order chi connectivity index (χ1) is 10.2. The number of anilines is 2. The van der Waals surface area contributed by atoms with Crippen LogP contribution in [0.25, 0.3) is 0 Å². The van der Waals surface area contributed by atoms with E-state index in [0.717, 1.165) is 16.5 Å². The fourth-order valence-corrected chi connectivity index (χ4v) is 3.35. The lowest BCUT2D eigenvalue weighted by Crippen LogP contribution is -2.32. The Hall–Kier alpha value is -1.47. The van der Waals surface area contributed by atoms with E-state index in [1.165, 1.54) is 0 Å². The Kier molecular flexibility index (Phi) is 4.50. The van der Waals surface area contributed by atoms with Gasteiger partial charge in [0.25, 0.3) is 0 Å². The van der Waals surface area contributed by atoms with Crippen LogP contribution in [0.5, 0.6) is 0 Å². The number of nitrogens with one attached hydrogen (secondary N) is 1. The van der Waals surface area contributed by atoms with Gasteiger partial charge < -0.3 is 15.5 Å². The smallest absolute Gasteiger partial charge is 0.187 e. The van der Waals surface area contributed by atoms with E-state index in [-0.39, 0.29) is 18.8 Å². The zero-order valence-electron chi connectivity index (χ0n) is 11.6. The molecule has 21 heavy (non-hydrogen) atoms. The topological polar surface area (TPSA) is 68.6 Å². The summed E-state index contributed by atoms with van der Waals surface area (Å²) in [4.78, 5) is 6.65. The van der Waals surface area contributed by atoms with Crippen LogP contribution in [0.1, 0.15) is 12.1 Å². The molecule has 1 aromatic heterocycles. The maximum atomic E-state index is 9.70. The summed E-state index contributed by atoms with van der Waals surface area (Å²) in [5, 5.41) is 25.2. The normalized spacial score (nSPS) is 22.6. The van der Waals surface area contributed by atoms with Crippen LogP contribution in [0.3, 0.4) is 0 Å². The maximum Gasteiger partial charge on any atom is 0.187 e. The number of hydrogen-bond acceptors (Lipinski definition) is 6. The Morgan fingerprint density at radius 1 is 1.33 bits per heavy atom. The number of nitrogens with zero attached hydrogens (tertiary/aromatic N) is 2. The second-order valence-electron chi connectivity index (χ2n) is 5.29. The number of likely N-dealkylation sites (tertiary alicyclic amines) is 1. The van der Waals surface area contributed by atoms with Crippen molar-refractivity contribution < 1.29 is 10.2 Å². The second kappa shape index (κ2) is 6.53. The minimum absolute atomic E-state index is 0.0345. The van der Waals surface area contributed by atoms with Gasteiger partial charge in [-0.15, -0.1) is 11.3 Å². The van der Waals surface area contributed by atoms with Crippen molar-refractivity contribution in [2.75, 3.05) is 18.5 Å². The minimum atomic E-state index is -0.345. The largest absolute Gasteiger partial charge is 0.395 e. The average molecular weight is 305 g/mol. The second-order valence-corrected chi connectivity index (χ2v) is 6.15. The van der Waals surface area contributed by atoms with E-state index >= 15 is 0 Å². The highest BCUT2D eigenvalue weighted by atomic mass is 32.1. The summed E-state index contributed by atoms with van der Waals surface area (Å²) in [6.45, 7) is 1.34. The minimum Gasteiger partial charge on any atom is -0.395 e. The highest BCUT2D eigenvalue weighted by Crippen LogP contribution is 2.24. The summed E-state index contributed by atoms with van der Waals surface area (Å²) in [5.41, 5.74) is 1.98. The van der Waals surface area contributed by atoms with Crippen LogP contribution in [0.2, 0.25) is 0 Å². The molecule has 1 saturated heterocycles. The molecule has 0 spiro atoms. The number of aliphatic hydroxyl groups is 2. The van der Waals surface area contributed by atoms with E-state index in [4.69, 9.17) is 0 Å². The summed E-state index contributed by atoms with van der Waals surface area (Å²) < 4.78 is 0. The molecule has 0 amide bonds. The fraction of sp³-hybridized carbons (Fsp3) is 0.400. The molecule has 0 radical (unpaired) electrons. The lowest BCUT2D eigenvalue weighted by atomic mass is 10.2. The Balaban J connectivity index is 1.63. The molecule has 0 unspecified atom stereocenters. The molecule has 112 valence electrons. The third kappa shape index (κ3) is 3.59. The molecular formula is C15H19N3O2S. The molecule has 3 rings (SSSR count). The van der Waals surface area contributed by atoms with Crippen LogP contribution in [-0.4, -0.2) is 45.4 Å². The van der Waals surface area contributed by atoms with Gasteiger partial charge in [-0.1, -0.05) is 18.2 Å². The van der Waals surface area contributed by atoms with E-state index in [1.54, 1.807) is 11.3 Å². The van der Waals surface area contributed by atoms with Gasteiger partial charge in [-0.2, -0.15) is 0 Å². The van der Waals surface area contributed by atoms with Crippen molar-refractivity contribution in [2.45, 2.75) is 25.1 Å². The molecule has 1 aromatic carbocycles. The van der Waals surface area contributed by atoms with Crippen molar-refractivity contribution >= 4 is 22.2 Å². The number of aromatic nitrogens is 1. The summed E-state index contributed by atoms with van der Waals surface area (Å²) in [6, 6.07) is 9.97. The molecule has 1 aliphatic rings. The van der Waals surface area contributed by atoms with Crippen molar-refractivity contribution in [1.29, 1.82) is 0 Å².